The summed E-state index contributed by atoms with van der Waals surface area (Å²) in [4.78, 5) is 17.6. The van der Waals surface area contributed by atoms with Gasteiger partial charge in [-0.2, -0.15) is 0 Å². The SMILES string of the molecule is O=C(C1CC12CCNCC2)N1CCCN(Cc2ccc(Cl)cc2)CC1. The topological polar surface area (TPSA) is 35.6 Å². The average molecular weight is 362 g/mol. The Morgan fingerprint density at radius 3 is 2.64 bits per heavy atom. The van der Waals surface area contributed by atoms with Crippen molar-refractivity contribution >= 4 is 17.5 Å². The molecular formula is C20H28ClN3O. The van der Waals surface area contributed by atoms with Crippen LogP contribution < -0.4 is 5.32 Å². The van der Waals surface area contributed by atoms with Crippen LogP contribution in [-0.2, 0) is 11.3 Å². The molecule has 1 atom stereocenters. The number of nitrogens with one attached hydrogen (secondary N) is 1. The number of hydrogen-bond acceptors (Lipinski definition) is 3. The third-order valence-electron chi connectivity index (χ3n) is 6.31. The van der Waals surface area contributed by atoms with E-state index in [0.29, 0.717) is 17.2 Å². The molecule has 1 aromatic carbocycles. The summed E-state index contributed by atoms with van der Waals surface area (Å²) < 4.78 is 0. The molecule has 1 N–H and O–H groups in total. The second-order valence-corrected chi connectivity index (χ2v) is 8.39. The van der Waals surface area contributed by atoms with Crippen molar-refractivity contribution in [3.8, 4) is 0 Å². The third kappa shape index (κ3) is 3.86. The number of hydrogen-bond donors (Lipinski definition) is 1. The highest BCUT2D eigenvalue weighted by atomic mass is 35.5. The quantitative estimate of drug-likeness (QED) is 0.899. The highest BCUT2D eigenvalue weighted by Crippen LogP contribution is 2.59. The molecule has 5 heteroatoms. The number of nitrogens with zero attached hydrogens (tertiary/aromatic N) is 2. The Hall–Kier alpha value is -1.10. The van der Waals surface area contributed by atoms with Gasteiger partial charge in [0, 0.05) is 43.7 Å². The maximum atomic E-state index is 13.0. The maximum absolute atomic E-state index is 13.0. The van der Waals surface area contributed by atoms with Crippen molar-refractivity contribution in [1.29, 1.82) is 0 Å². The molecule has 136 valence electrons. The molecular weight excluding hydrogens is 334 g/mol. The Balaban J connectivity index is 1.31. The van der Waals surface area contributed by atoms with E-state index in [1.165, 1.54) is 18.4 Å². The van der Waals surface area contributed by atoms with Crippen LogP contribution in [-0.4, -0.2) is 55.0 Å². The lowest BCUT2D eigenvalue weighted by Gasteiger charge is -2.26. The van der Waals surface area contributed by atoms with Crippen LogP contribution in [0.1, 0.15) is 31.2 Å². The minimum Gasteiger partial charge on any atom is -0.341 e. The van der Waals surface area contributed by atoms with E-state index < -0.39 is 0 Å². The zero-order valence-electron chi connectivity index (χ0n) is 14.8. The molecule has 2 heterocycles. The number of carbonyl (C=O) groups is 1. The fraction of sp³-hybridized carbons (Fsp3) is 0.650. The van der Waals surface area contributed by atoms with Crippen LogP contribution in [0.5, 0.6) is 0 Å². The first-order valence-electron chi connectivity index (χ1n) is 9.63. The second-order valence-electron chi connectivity index (χ2n) is 7.95. The lowest BCUT2D eigenvalue weighted by molar-refractivity contribution is -0.133. The predicted octanol–water partition coefficient (Wildman–Crippen LogP) is 2.76. The van der Waals surface area contributed by atoms with Crippen LogP contribution in [0, 0.1) is 11.3 Å². The summed E-state index contributed by atoms with van der Waals surface area (Å²) in [7, 11) is 0. The maximum Gasteiger partial charge on any atom is 0.226 e. The van der Waals surface area contributed by atoms with E-state index in [1.54, 1.807) is 0 Å². The molecule has 3 aliphatic rings. The van der Waals surface area contributed by atoms with Gasteiger partial charge in [0.05, 0.1) is 0 Å². The van der Waals surface area contributed by atoms with Gasteiger partial charge in [0.2, 0.25) is 5.91 Å². The number of piperidine rings is 1. The van der Waals surface area contributed by atoms with Crippen molar-refractivity contribution in [2.24, 2.45) is 11.3 Å². The Morgan fingerprint density at radius 1 is 1.12 bits per heavy atom. The summed E-state index contributed by atoms with van der Waals surface area (Å²) >= 11 is 5.97. The number of benzene rings is 1. The van der Waals surface area contributed by atoms with Crippen molar-refractivity contribution < 1.29 is 4.79 Å². The molecule has 0 radical (unpaired) electrons. The van der Waals surface area contributed by atoms with Gasteiger partial charge in [0.1, 0.15) is 0 Å². The lowest BCUT2D eigenvalue weighted by Crippen LogP contribution is -2.38. The van der Waals surface area contributed by atoms with E-state index in [4.69, 9.17) is 11.6 Å². The van der Waals surface area contributed by atoms with Gasteiger partial charge in [-0.05, 0) is 61.9 Å². The normalized spacial score (nSPS) is 26.4. The molecule has 1 saturated carbocycles. The van der Waals surface area contributed by atoms with Gasteiger partial charge in [0.25, 0.3) is 0 Å². The zero-order valence-corrected chi connectivity index (χ0v) is 15.6. The molecule has 2 saturated heterocycles. The average Bonchev–Trinajstić information content (AvgIpc) is 3.36. The smallest absolute Gasteiger partial charge is 0.226 e. The minimum atomic E-state index is 0.303. The molecule has 3 fully saturated rings. The highest BCUT2D eigenvalue weighted by molar-refractivity contribution is 6.30. The molecule has 1 unspecified atom stereocenters. The zero-order chi connectivity index (χ0) is 17.3. The Bertz CT molecular complexity index is 612. The highest BCUT2D eigenvalue weighted by Gasteiger charge is 2.58. The third-order valence-corrected chi connectivity index (χ3v) is 6.56. The summed E-state index contributed by atoms with van der Waals surface area (Å²) in [6, 6.07) is 8.11. The van der Waals surface area contributed by atoms with Crippen LogP contribution in [0.15, 0.2) is 24.3 Å². The number of amides is 1. The molecule has 2 aliphatic heterocycles. The van der Waals surface area contributed by atoms with Crippen LogP contribution in [0.25, 0.3) is 0 Å². The molecule has 1 aromatic rings. The molecule has 1 aliphatic carbocycles. The first-order valence-corrected chi connectivity index (χ1v) is 10.0. The van der Waals surface area contributed by atoms with Crippen LogP contribution in [0.4, 0.5) is 0 Å². The van der Waals surface area contributed by atoms with Gasteiger partial charge >= 0.3 is 0 Å². The molecule has 4 nitrogen and oxygen atoms in total. The summed E-state index contributed by atoms with van der Waals surface area (Å²) in [5.41, 5.74) is 1.64. The molecule has 4 rings (SSSR count). The van der Waals surface area contributed by atoms with Crippen molar-refractivity contribution in [2.45, 2.75) is 32.2 Å². The summed E-state index contributed by atoms with van der Waals surface area (Å²) in [6.07, 6.45) is 4.55. The molecule has 1 amide bonds. The first-order chi connectivity index (χ1) is 12.2. The monoisotopic (exact) mass is 361 g/mol. The van der Waals surface area contributed by atoms with Gasteiger partial charge in [-0.15, -0.1) is 0 Å². The Kier molecular flexibility index (Phi) is 5.03. The Labute approximate surface area is 155 Å². The lowest BCUT2D eigenvalue weighted by atomic mass is 9.91. The van der Waals surface area contributed by atoms with E-state index in [0.717, 1.165) is 63.7 Å². The standard InChI is InChI=1S/C20H28ClN3O/c21-17-4-2-16(3-5-17)15-23-10-1-11-24(13-12-23)19(25)18-14-20(18)6-8-22-9-7-20/h2-5,18,22H,1,6-15H2. The minimum absolute atomic E-state index is 0.303. The van der Waals surface area contributed by atoms with Gasteiger partial charge in [-0.3, -0.25) is 9.69 Å². The van der Waals surface area contributed by atoms with Crippen molar-refractivity contribution in [3.05, 3.63) is 34.9 Å². The van der Waals surface area contributed by atoms with E-state index in [9.17, 15) is 4.79 Å². The summed E-state index contributed by atoms with van der Waals surface area (Å²) in [6.45, 7) is 6.93. The number of rotatable bonds is 3. The predicted molar refractivity (Wildman–Crippen MR) is 101 cm³/mol. The van der Waals surface area contributed by atoms with Gasteiger partial charge in [0.15, 0.2) is 0 Å². The number of halogens is 1. The molecule has 0 aromatic heterocycles. The van der Waals surface area contributed by atoms with Crippen LogP contribution in [0.3, 0.4) is 0 Å². The van der Waals surface area contributed by atoms with E-state index in [1.807, 2.05) is 12.1 Å². The van der Waals surface area contributed by atoms with E-state index in [-0.39, 0.29) is 0 Å². The van der Waals surface area contributed by atoms with E-state index >= 15 is 0 Å². The Morgan fingerprint density at radius 2 is 1.88 bits per heavy atom. The molecule has 0 bridgehead atoms. The first kappa shape index (κ1) is 17.3. The van der Waals surface area contributed by atoms with Crippen LogP contribution >= 0.6 is 11.6 Å². The molecule has 25 heavy (non-hydrogen) atoms. The van der Waals surface area contributed by atoms with Gasteiger partial charge in [-0.25, -0.2) is 0 Å². The van der Waals surface area contributed by atoms with Crippen molar-refractivity contribution in [2.75, 3.05) is 39.3 Å². The van der Waals surface area contributed by atoms with Crippen LogP contribution in [0.2, 0.25) is 5.02 Å². The number of carbonyl (C=O) groups excluding carboxylic acids is 1. The fourth-order valence-corrected chi connectivity index (χ4v) is 4.72. The van der Waals surface area contributed by atoms with E-state index in [2.05, 4.69) is 27.2 Å². The molecule has 1 spiro atoms. The summed E-state index contributed by atoms with van der Waals surface area (Å²) in [5, 5.41) is 4.21. The largest absolute Gasteiger partial charge is 0.341 e. The fourth-order valence-electron chi connectivity index (χ4n) is 4.59. The van der Waals surface area contributed by atoms with Gasteiger partial charge in [-0.1, -0.05) is 23.7 Å². The summed E-state index contributed by atoms with van der Waals surface area (Å²) in [5.74, 6) is 0.729. The van der Waals surface area contributed by atoms with Crippen molar-refractivity contribution in [1.82, 2.24) is 15.1 Å². The second kappa shape index (κ2) is 7.26. The van der Waals surface area contributed by atoms with Gasteiger partial charge < -0.3 is 10.2 Å². The van der Waals surface area contributed by atoms with Crippen molar-refractivity contribution in [3.63, 3.8) is 0 Å².